The summed E-state index contributed by atoms with van der Waals surface area (Å²) in [5.74, 6) is 0. The fourth-order valence-corrected chi connectivity index (χ4v) is 1.41. The minimum absolute atomic E-state index is 0.129. The van der Waals surface area contributed by atoms with Crippen LogP contribution in [0.15, 0.2) is 12.1 Å². The summed E-state index contributed by atoms with van der Waals surface area (Å²) in [4.78, 5) is 11.4. The molecule has 0 fully saturated rings. The van der Waals surface area contributed by atoms with E-state index in [4.69, 9.17) is 10.5 Å². The lowest BCUT2D eigenvalue weighted by atomic mass is 10.1. The number of hydrogen-bond donors (Lipinski definition) is 2. The smallest absolute Gasteiger partial charge is 0.411 e. The monoisotopic (exact) mass is 222 g/mol. The molecule has 1 rings (SSSR count). The summed E-state index contributed by atoms with van der Waals surface area (Å²) >= 11 is 0. The van der Waals surface area contributed by atoms with Gasteiger partial charge in [-0.25, -0.2) is 4.79 Å². The van der Waals surface area contributed by atoms with E-state index in [1.807, 2.05) is 26.0 Å². The van der Waals surface area contributed by atoms with Gasteiger partial charge in [-0.3, -0.25) is 5.32 Å². The molecule has 3 N–H and O–H groups in total. The standard InChI is InChI=1S/C12H18N2O2/c1-7(2)16-12(15)14-10-5-8(3)11(13)9(4)6-10/h5-7H,13H2,1-4H3,(H,14,15). The second-order valence-electron chi connectivity index (χ2n) is 4.10. The van der Waals surface area contributed by atoms with E-state index in [-0.39, 0.29) is 6.10 Å². The number of nitrogens with two attached hydrogens (primary N) is 1. The van der Waals surface area contributed by atoms with E-state index in [1.54, 1.807) is 13.8 Å². The summed E-state index contributed by atoms with van der Waals surface area (Å²) in [6, 6.07) is 3.65. The van der Waals surface area contributed by atoms with Gasteiger partial charge in [0.15, 0.2) is 0 Å². The number of benzene rings is 1. The van der Waals surface area contributed by atoms with Crippen LogP contribution in [0.1, 0.15) is 25.0 Å². The van der Waals surface area contributed by atoms with Crippen LogP contribution < -0.4 is 11.1 Å². The number of carbonyl (C=O) groups is 1. The predicted molar refractivity (Wildman–Crippen MR) is 65.6 cm³/mol. The number of nitrogen functional groups attached to an aromatic ring is 1. The average Bonchev–Trinajstić information content (AvgIpc) is 2.12. The van der Waals surface area contributed by atoms with Crippen LogP contribution in [0.2, 0.25) is 0 Å². The number of anilines is 2. The zero-order valence-electron chi connectivity index (χ0n) is 10.1. The third-order valence-corrected chi connectivity index (χ3v) is 2.18. The van der Waals surface area contributed by atoms with E-state index in [0.717, 1.165) is 16.8 Å². The number of ether oxygens (including phenoxy) is 1. The van der Waals surface area contributed by atoms with Gasteiger partial charge in [0.1, 0.15) is 0 Å². The van der Waals surface area contributed by atoms with E-state index >= 15 is 0 Å². The topological polar surface area (TPSA) is 64.3 Å². The SMILES string of the molecule is Cc1cc(NC(=O)OC(C)C)cc(C)c1N. The minimum atomic E-state index is -0.446. The number of hydrogen-bond acceptors (Lipinski definition) is 3. The van der Waals surface area contributed by atoms with Gasteiger partial charge in [-0.2, -0.15) is 0 Å². The van der Waals surface area contributed by atoms with Crippen molar-refractivity contribution in [1.29, 1.82) is 0 Å². The second-order valence-corrected chi connectivity index (χ2v) is 4.10. The van der Waals surface area contributed by atoms with Crippen LogP contribution >= 0.6 is 0 Å². The Kier molecular flexibility index (Phi) is 3.77. The highest BCUT2D eigenvalue weighted by molar-refractivity contribution is 5.85. The van der Waals surface area contributed by atoms with Crippen LogP contribution in [0.4, 0.5) is 16.2 Å². The van der Waals surface area contributed by atoms with Crippen LogP contribution in [-0.2, 0) is 4.74 Å². The molecule has 4 heteroatoms. The zero-order chi connectivity index (χ0) is 12.3. The molecule has 0 aliphatic heterocycles. The molecule has 0 atom stereocenters. The Hall–Kier alpha value is -1.71. The summed E-state index contributed by atoms with van der Waals surface area (Å²) in [5.41, 5.74) is 9.16. The van der Waals surface area contributed by atoms with Crippen molar-refractivity contribution in [2.45, 2.75) is 33.8 Å². The Morgan fingerprint density at radius 3 is 2.25 bits per heavy atom. The van der Waals surface area contributed by atoms with Crippen molar-refractivity contribution < 1.29 is 9.53 Å². The summed E-state index contributed by atoms with van der Waals surface area (Å²) in [7, 11) is 0. The van der Waals surface area contributed by atoms with Crippen molar-refractivity contribution in [3.8, 4) is 0 Å². The summed E-state index contributed by atoms with van der Waals surface area (Å²) in [6.07, 6.45) is -0.574. The molecule has 0 radical (unpaired) electrons. The first-order chi connectivity index (χ1) is 7.40. The maximum absolute atomic E-state index is 11.4. The van der Waals surface area contributed by atoms with E-state index in [2.05, 4.69) is 5.32 Å². The third kappa shape index (κ3) is 3.15. The number of nitrogens with one attached hydrogen (secondary N) is 1. The third-order valence-electron chi connectivity index (χ3n) is 2.18. The number of carbonyl (C=O) groups excluding carboxylic acids is 1. The Labute approximate surface area is 95.8 Å². The molecule has 16 heavy (non-hydrogen) atoms. The molecule has 0 bridgehead atoms. The largest absolute Gasteiger partial charge is 0.447 e. The van der Waals surface area contributed by atoms with Gasteiger partial charge in [0.2, 0.25) is 0 Å². The highest BCUT2D eigenvalue weighted by Gasteiger charge is 2.07. The van der Waals surface area contributed by atoms with Crippen molar-refractivity contribution in [3.05, 3.63) is 23.3 Å². The Morgan fingerprint density at radius 1 is 1.31 bits per heavy atom. The van der Waals surface area contributed by atoms with Crippen LogP contribution in [0.5, 0.6) is 0 Å². The first kappa shape index (κ1) is 12.4. The van der Waals surface area contributed by atoms with Crippen molar-refractivity contribution in [2.24, 2.45) is 0 Å². The molecule has 0 unspecified atom stereocenters. The van der Waals surface area contributed by atoms with Crippen LogP contribution in [0.3, 0.4) is 0 Å². The molecule has 0 saturated carbocycles. The molecule has 1 amide bonds. The van der Waals surface area contributed by atoms with E-state index in [9.17, 15) is 4.79 Å². The summed E-state index contributed by atoms with van der Waals surface area (Å²) in [6.45, 7) is 7.42. The fourth-order valence-electron chi connectivity index (χ4n) is 1.41. The number of amides is 1. The van der Waals surface area contributed by atoms with Crippen molar-refractivity contribution >= 4 is 17.5 Å². The molecule has 1 aromatic carbocycles. The van der Waals surface area contributed by atoms with E-state index < -0.39 is 6.09 Å². The molecule has 0 aliphatic carbocycles. The molecule has 4 nitrogen and oxygen atoms in total. The first-order valence-electron chi connectivity index (χ1n) is 5.24. The molecule has 0 aliphatic rings. The molecular weight excluding hydrogens is 204 g/mol. The zero-order valence-corrected chi connectivity index (χ0v) is 10.1. The summed E-state index contributed by atoms with van der Waals surface area (Å²) < 4.78 is 4.98. The predicted octanol–water partition coefficient (Wildman–Crippen LogP) is 2.84. The molecule has 0 spiro atoms. The van der Waals surface area contributed by atoms with Gasteiger partial charge in [0.05, 0.1) is 6.10 Å². The second kappa shape index (κ2) is 4.88. The van der Waals surface area contributed by atoms with Gasteiger partial charge in [-0.1, -0.05) is 0 Å². The van der Waals surface area contributed by atoms with Gasteiger partial charge >= 0.3 is 6.09 Å². The molecule has 0 heterocycles. The maximum atomic E-state index is 11.4. The highest BCUT2D eigenvalue weighted by Crippen LogP contribution is 2.21. The first-order valence-corrected chi connectivity index (χ1v) is 5.24. The van der Waals surface area contributed by atoms with Crippen molar-refractivity contribution in [3.63, 3.8) is 0 Å². The molecule has 0 aromatic heterocycles. The maximum Gasteiger partial charge on any atom is 0.411 e. The van der Waals surface area contributed by atoms with Gasteiger partial charge in [0.25, 0.3) is 0 Å². The Bertz CT molecular complexity index is 377. The molecule has 1 aromatic rings. The number of rotatable bonds is 2. The summed E-state index contributed by atoms with van der Waals surface area (Å²) in [5, 5.41) is 2.67. The minimum Gasteiger partial charge on any atom is -0.447 e. The Morgan fingerprint density at radius 2 is 1.81 bits per heavy atom. The lowest BCUT2D eigenvalue weighted by molar-refractivity contribution is 0.130. The highest BCUT2D eigenvalue weighted by atomic mass is 16.6. The Balaban J connectivity index is 2.79. The average molecular weight is 222 g/mol. The van der Waals surface area contributed by atoms with E-state index in [0.29, 0.717) is 5.69 Å². The lowest BCUT2D eigenvalue weighted by Gasteiger charge is -2.12. The van der Waals surface area contributed by atoms with Crippen LogP contribution in [0.25, 0.3) is 0 Å². The van der Waals surface area contributed by atoms with Crippen LogP contribution in [0, 0.1) is 13.8 Å². The van der Waals surface area contributed by atoms with Gasteiger partial charge in [-0.05, 0) is 51.0 Å². The van der Waals surface area contributed by atoms with Crippen LogP contribution in [-0.4, -0.2) is 12.2 Å². The van der Waals surface area contributed by atoms with Gasteiger partial charge < -0.3 is 10.5 Å². The normalized spacial score (nSPS) is 10.3. The molecular formula is C12H18N2O2. The molecule has 88 valence electrons. The number of aryl methyl sites for hydroxylation is 2. The van der Waals surface area contributed by atoms with E-state index in [1.165, 1.54) is 0 Å². The lowest BCUT2D eigenvalue weighted by Crippen LogP contribution is -2.18. The quantitative estimate of drug-likeness (QED) is 0.756. The van der Waals surface area contributed by atoms with Gasteiger partial charge in [-0.15, -0.1) is 0 Å². The molecule has 0 saturated heterocycles. The van der Waals surface area contributed by atoms with Crippen molar-refractivity contribution in [1.82, 2.24) is 0 Å². The fraction of sp³-hybridized carbons (Fsp3) is 0.417. The van der Waals surface area contributed by atoms with Crippen molar-refractivity contribution in [2.75, 3.05) is 11.1 Å². The van der Waals surface area contributed by atoms with Gasteiger partial charge in [0, 0.05) is 11.4 Å².